The van der Waals surface area contributed by atoms with E-state index >= 15 is 0 Å². The maximum absolute atomic E-state index is 12.6. The number of aromatic amines is 1. The minimum absolute atomic E-state index is 0.197. The van der Waals surface area contributed by atoms with Crippen LogP contribution in [0.3, 0.4) is 0 Å². The van der Waals surface area contributed by atoms with E-state index in [-0.39, 0.29) is 5.78 Å². The van der Waals surface area contributed by atoms with Gasteiger partial charge in [-0.2, -0.15) is 0 Å². The zero-order chi connectivity index (χ0) is 19.4. The lowest BCUT2D eigenvalue weighted by molar-refractivity contribution is 0.104. The van der Waals surface area contributed by atoms with E-state index in [0.29, 0.717) is 33.7 Å². The van der Waals surface area contributed by atoms with Crippen LogP contribution in [0, 0.1) is 6.92 Å². The molecule has 0 saturated heterocycles. The van der Waals surface area contributed by atoms with Crippen LogP contribution in [-0.4, -0.2) is 30.0 Å². The SMILES string of the molecule is COc1cc(/C=C/C(=O)c2nc(-c3ccccc3)[nH]c2C)cc(Cl)c1OC. The summed E-state index contributed by atoms with van der Waals surface area (Å²) < 4.78 is 10.5. The molecule has 0 fully saturated rings. The third-order valence-corrected chi connectivity index (χ3v) is 4.33. The molecule has 3 rings (SSSR count). The summed E-state index contributed by atoms with van der Waals surface area (Å²) in [5.41, 5.74) is 2.75. The monoisotopic (exact) mass is 382 g/mol. The topological polar surface area (TPSA) is 64.2 Å². The van der Waals surface area contributed by atoms with Gasteiger partial charge in [-0.25, -0.2) is 4.98 Å². The molecule has 2 aromatic carbocycles. The lowest BCUT2D eigenvalue weighted by Gasteiger charge is -2.10. The molecule has 3 aromatic rings. The van der Waals surface area contributed by atoms with Gasteiger partial charge in [-0.05, 0) is 30.7 Å². The Balaban J connectivity index is 1.86. The van der Waals surface area contributed by atoms with E-state index in [0.717, 1.165) is 11.1 Å². The van der Waals surface area contributed by atoms with Gasteiger partial charge in [-0.1, -0.05) is 48.0 Å². The Labute approximate surface area is 162 Å². The lowest BCUT2D eigenvalue weighted by Crippen LogP contribution is -1.97. The van der Waals surface area contributed by atoms with Crippen LogP contribution in [0.25, 0.3) is 17.5 Å². The Hall–Kier alpha value is -3.05. The van der Waals surface area contributed by atoms with Crippen LogP contribution in [0.2, 0.25) is 5.02 Å². The van der Waals surface area contributed by atoms with Crippen molar-refractivity contribution in [2.75, 3.05) is 14.2 Å². The van der Waals surface area contributed by atoms with Crippen LogP contribution in [0.4, 0.5) is 0 Å². The van der Waals surface area contributed by atoms with Gasteiger partial charge in [0.15, 0.2) is 11.5 Å². The molecule has 138 valence electrons. The fourth-order valence-electron chi connectivity index (χ4n) is 2.72. The number of nitrogens with one attached hydrogen (secondary N) is 1. The summed E-state index contributed by atoms with van der Waals surface area (Å²) in [4.78, 5) is 20.2. The molecule has 0 spiro atoms. The molecule has 0 aliphatic heterocycles. The molecule has 5 nitrogen and oxygen atoms in total. The smallest absolute Gasteiger partial charge is 0.206 e. The highest BCUT2D eigenvalue weighted by Gasteiger charge is 2.14. The maximum atomic E-state index is 12.6. The summed E-state index contributed by atoms with van der Waals surface area (Å²) in [5.74, 6) is 1.42. The highest BCUT2D eigenvalue weighted by molar-refractivity contribution is 6.32. The van der Waals surface area contributed by atoms with Gasteiger partial charge in [0.25, 0.3) is 0 Å². The Morgan fingerprint density at radius 1 is 1.15 bits per heavy atom. The molecule has 27 heavy (non-hydrogen) atoms. The fraction of sp³-hybridized carbons (Fsp3) is 0.143. The molecule has 1 aromatic heterocycles. The van der Waals surface area contributed by atoms with Gasteiger partial charge in [0.1, 0.15) is 11.5 Å². The number of imidazole rings is 1. The Kier molecular flexibility index (Phi) is 5.62. The number of aromatic nitrogens is 2. The largest absolute Gasteiger partial charge is 0.493 e. The molecule has 0 radical (unpaired) electrons. The number of benzene rings is 2. The molecule has 6 heteroatoms. The summed E-state index contributed by atoms with van der Waals surface area (Å²) in [5, 5.41) is 0.409. The molecule has 1 heterocycles. The van der Waals surface area contributed by atoms with Crippen molar-refractivity contribution in [3.8, 4) is 22.9 Å². The molecule has 0 unspecified atom stereocenters. The minimum Gasteiger partial charge on any atom is -0.493 e. The van der Waals surface area contributed by atoms with E-state index in [1.807, 2.05) is 37.3 Å². The number of carbonyl (C=O) groups is 1. The highest BCUT2D eigenvalue weighted by Crippen LogP contribution is 2.36. The standard InChI is InChI=1S/C21H19ClN2O3/c1-13-19(24-21(23-13)15-7-5-4-6-8-15)17(25)10-9-14-11-16(22)20(27-3)18(12-14)26-2/h4-12H,1-3H3,(H,23,24)/b10-9+. The summed E-state index contributed by atoms with van der Waals surface area (Å²) >= 11 is 6.20. The quantitative estimate of drug-likeness (QED) is 0.483. The van der Waals surface area contributed by atoms with Crippen molar-refractivity contribution in [1.82, 2.24) is 9.97 Å². The molecule has 0 bridgehead atoms. The van der Waals surface area contributed by atoms with Crippen molar-refractivity contribution in [2.45, 2.75) is 6.92 Å². The first-order chi connectivity index (χ1) is 13.0. The van der Waals surface area contributed by atoms with E-state index in [2.05, 4.69) is 9.97 Å². The lowest BCUT2D eigenvalue weighted by atomic mass is 10.1. The first-order valence-corrected chi connectivity index (χ1v) is 8.67. The van der Waals surface area contributed by atoms with Crippen molar-refractivity contribution in [2.24, 2.45) is 0 Å². The van der Waals surface area contributed by atoms with Crippen molar-refractivity contribution >= 4 is 23.5 Å². The average Bonchev–Trinajstić information content (AvgIpc) is 3.08. The van der Waals surface area contributed by atoms with Crippen molar-refractivity contribution in [1.29, 1.82) is 0 Å². The normalized spacial score (nSPS) is 11.0. The second-order valence-corrected chi connectivity index (χ2v) is 6.27. The molecule has 0 amide bonds. The summed E-state index contributed by atoms with van der Waals surface area (Å²) in [6.45, 7) is 1.83. The van der Waals surface area contributed by atoms with E-state index in [1.54, 1.807) is 18.2 Å². The van der Waals surface area contributed by atoms with E-state index in [1.165, 1.54) is 20.3 Å². The number of ether oxygens (including phenoxy) is 2. The second-order valence-electron chi connectivity index (χ2n) is 5.86. The predicted molar refractivity (Wildman–Crippen MR) is 107 cm³/mol. The number of hydrogen-bond donors (Lipinski definition) is 1. The molecule has 0 saturated carbocycles. The van der Waals surface area contributed by atoms with Crippen molar-refractivity contribution in [3.63, 3.8) is 0 Å². The highest BCUT2D eigenvalue weighted by atomic mass is 35.5. The van der Waals surface area contributed by atoms with E-state index in [4.69, 9.17) is 21.1 Å². The fourth-order valence-corrected chi connectivity index (χ4v) is 3.01. The number of ketones is 1. The molecule has 0 atom stereocenters. The first kappa shape index (κ1) is 18.7. The zero-order valence-electron chi connectivity index (χ0n) is 15.2. The Morgan fingerprint density at radius 3 is 2.56 bits per heavy atom. The molecular weight excluding hydrogens is 364 g/mol. The minimum atomic E-state index is -0.197. The van der Waals surface area contributed by atoms with Crippen LogP contribution >= 0.6 is 11.6 Å². The molecule has 1 N–H and O–H groups in total. The van der Waals surface area contributed by atoms with Crippen LogP contribution in [0.5, 0.6) is 11.5 Å². The number of carbonyl (C=O) groups excluding carboxylic acids is 1. The Bertz CT molecular complexity index is 994. The van der Waals surface area contributed by atoms with Gasteiger partial charge >= 0.3 is 0 Å². The van der Waals surface area contributed by atoms with Gasteiger partial charge in [0, 0.05) is 11.3 Å². The number of aryl methyl sites for hydroxylation is 1. The summed E-state index contributed by atoms with van der Waals surface area (Å²) in [6.07, 6.45) is 3.14. The van der Waals surface area contributed by atoms with Crippen LogP contribution in [0.15, 0.2) is 48.5 Å². The van der Waals surface area contributed by atoms with Crippen molar-refractivity contribution in [3.05, 3.63) is 70.5 Å². The molecule has 0 aliphatic carbocycles. The van der Waals surface area contributed by atoms with Gasteiger partial charge in [0.2, 0.25) is 5.78 Å². The summed E-state index contributed by atoms with van der Waals surface area (Å²) in [7, 11) is 3.05. The van der Waals surface area contributed by atoms with E-state index in [9.17, 15) is 4.79 Å². The van der Waals surface area contributed by atoms with Gasteiger partial charge in [-0.3, -0.25) is 4.79 Å². The third-order valence-electron chi connectivity index (χ3n) is 4.05. The van der Waals surface area contributed by atoms with Crippen molar-refractivity contribution < 1.29 is 14.3 Å². The Morgan fingerprint density at radius 2 is 1.89 bits per heavy atom. The van der Waals surface area contributed by atoms with Crippen LogP contribution in [-0.2, 0) is 0 Å². The average molecular weight is 383 g/mol. The number of halogens is 1. The number of allylic oxidation sites excluding steroid dienone is 1. The number of rotatable bonds is 6. The van der Waals surface area contributed by atoms with Gasteiger partial charge < -0.3 is 14.5 Å². The maximum Gasteiger partial charge on any atom is 0.206 e. The summed E-state index contributed by atoms with van der Waals surface area (Å²) in [6, 6.07) is 13.1. The van der Waals surface area contributed by atoms with Gasteiger partial charge in [0.05, 0.1) is 19.2 Å². The number of methoxy groups -OCH3 is 2. The first-order valence-electron chi connectivity index (χ1n) is 8.29. The van der Waals surface area contributed by atoms with E-state index < -0.39 is 0 Å². The van der Waals surface area contributed by atoms with Gasteiger partial charge in [-0.15, -0.1) is 0 Å². The third kappa shape index (κ3) is 4.04. The molecule has 0 aliphatic rings. The van der Waals surface area contributed by atoms with Crippen LogP contribution < -0.4 is 9.47 Å². The second kappa shape index (κ2) is 8.10. The number of hydrogen-bond acceptors (Lipinski definition) is 4. The zero-order valence-corrected chi connectivity index (χ0v) is 16.0. The number of H-pyrrole nitrogens is 1. The predicted octanol–water partition coefficient (Wildman–Crippen LogP) is 4.95. The number of nitrogens with zero attached hydrogens (tertiary/aromatic N) is 1. The molecular formula is C21H19ClN2O3. The van der Waals surface area contributed by atoms with Crippen LogP contribution in [0.1, 0.15) is 21.7 Å².